The molecule has 0 bridgehead atoms. The molecule has 0 spiro atoms. The van der Waals surface area contributed by atoms with Gasteiger partial charge in [0.1, 0.15) is 0 Å². The van der Waals surface area contributed by atoms with E-state index in [1.165, 1.54) is 12.1 Å². The maximum absolute atomic E-state index is 12.6. The number of alkyl halides is 3. The zero-order valence-electron chi connectivity index (χ0n) is 11.4. The van der Waals surface area contributed by atoms with Gasteiger partial charge in [0, 0.05) is 18.8 Å². The summed E-state index contributed by atoms with van der Waals surface area (Å²) in [5, 5.41) is 20.7. The number of benzene rings is 1. The van der Waals surface area contributed by atoms with Crippen LogP contribution < -0.4 is 5.32 Å². The number of halogens is 3. The van der Waals surface area contributed by atoms with E-state index >= 15 is 0 Å². The molecule has 1 aromatic rings. The van der Waals surface area contributed by atoms with E-state index < -0.39 is 17.3 Å². The van der Waals surface area contributed by atoms with Gasteiger partial charge in [-0.25, -0.2) is 0 Å². The zero-order valence-corrected chi connectivity index (χ0v) is 11.4. The van der Waals surface area contributed by atoms with Gasteiger partial charge in [0.25, 0.3) is 0 Å². The van der Waals surface area contributed by atoms with E-state index in [-0.39, 0.29) is 12.0 Å². The Hall–Kier alpha value is -1.74. The molecule has 1 rings (SSSR count). The average molecular weight is 286 g/mol. The van der Waals surface area contributed by atoms with Crippen LogP contribution in [0, 0.1) is 16.7 Å². The third-order valence-corrected chi connectivity index (χ3v) is 3.01. The first kappa shape index (κ1) is 16.3. The third-order valence-electron chi connectivity index (χ3n) is 3.01. The van der Waals surface area contributed by atoms with Crippen LogP contribution in [0.2, 0.25) is 0 Å². The Kier molecular flexibility index (Phi) is 5.01. The summed E-state index contributed by atoms with van der Waals surface area (Å²) in [5.74, 6) is 0. The minimum Gasteiger partial charge on any atom is -0.396 e. The minimum atomic E-state index is -4.53. The quantitative estimate of drug-likeness (QED) is 0.872. The van der Waals surface area contributed by atoms with Crippen LogP contribution in [-0.2, 0) is 6.18 Å². The number of hydrogen-bond acceptors (Lipinski definition) is 3. The van der Waals surface area contributed by atoms with E-state index in [2.05, 4.69) is 5.32 Å². The van der Waals surface area contributed by atoms with Gasteiger partial charge in [0.2, 0.25) is 0 Å². The van der Waals surface area contributed by atoms with Gasteiger partial charge >= 0.3 is 6.18 Å². The number of hydrogen-bond donors (Lipinski definition) is 2. The summed E-state index contributed by atoms with van der Waals surface area (Å²) >= 11 is 0. The summed E-state index contributed by atoms with van der Waals surface area (Å²) in [6.45, 7) is 4.41. The molecule has 110 valence electrons. The highest BCUT2D eigenvalue weighted by molar-refractivity contribution is 5.53. The smallest absolute Gasteiger partial charge is 0.396 e. The van der Waals surface area contributed by atoms with Crippen molar-refractivity contribution in [3.63, 3.8) is 0 Å². The summed E-state index contributed by atoms with van der Waals surface area (Å²) in [5.41, 5.74) is -1.06. The molecule has 0 saturated heterocycles. The van der Waals surface area contributed by atoms with Crippen LogP contribution in [0.5, 0.6) is 0 Å². The van der Waals surface area contributed by atoms with E-state index in [0.29, 0.717) is 18.7 Å². The molecule has 0 aliphatic carbocycles. The zero-order chi connectivity index (χ0) is 15.4. The molecular formula is C14H17F3N2O. The second-order valence-electron chi connectivity index (χ2n) is 5.36. The monoisotopic (exact) mass is 286 g/mol. The van der Waals surface area contributed by atoms with Crippen LogP contribution in [0.25, 0.3) is 0 Å². The van der Waals surface area contributed by atoms with Crippen LogP contribution in [0.15, 0.2) is 18.2 Å². The normalized spacial score (nSPS) is 12.1. The molecule has 1 aromatic carbocycles. The number of aliphatic hydroxyl groups is 1. The van der Waals surface area contributed by atoms with Crippen LogP contribution >= 0.6 is 0 Å². The van der Waals surface area contributed by atoms with Gasteiger partial charge in [0.15, 0.2) is 0 Å². The van der Waals surface area contributed by atoms with Gasteiger partial charge in [-0.3, -0.25) is 0 Å². The summed E-state index contributed by atoms with van der Waals surface area (Å²) in [7, 11) is 0. The highest BCUT2D eigenvalue weighted by Gasteiger charge is 2.33. The first-order valence-electron chi connectivity index (χ1n) is 6.16. The Bertz CT molecular complexity index is 504. The number of nitrogens with zero attached hydrogens (tertiary/aromatic N) is 1. The van der Waals surface area contributed by atoms with Gasteiger partial charge in [-0.15, -0.1) is 0 Å². The van der Waals surface area contributed by atoms with Crippen LogP contribution in [-0.4, -0.2) is 18.3 Å². The lowest BCUT2D eigenvalue weighted by Gasteiger charge is -2.24. The van der Waals surface area contributed by atoms with Crippen LogP contribution in [0.1, 0.15) is 31.4 Å². The minimum absolute atomic E-state index is 0.0468. The van der Waals surface area contributed by atoms with Gasteiger partial charge in [-0.05, 0) is 30.0 Å². The molecule has 0 radical (unpaired) electrons. The number of rotatable bonds is 5. The SMILES string of the molecule is CC(C)(CCO)CNc1ccc(C(F)(F)F)c(C#N)c1. The molecule has 0 atom stereocenters. The molecular weight excluding hydrogens is 269 g/mol. The largest absolute Gasteiger partial charge is 0.417 e. The summed E-state index contributed by atoms with van der Waals surface area (Å²) in [6.07, 6.45) is -3.95. The highest BCUT2D eigenvalue weighted by atomic mass is 19.4. The molecule has 2 N–H and O–H groups in total. The van der Waals surface area contributed by atoms with Crippen LogP contribution in [0.4, 0.5) is 18.9 Å². The first-order valence-corrected chi connectivity index (χ1v) is 6.16. The van der Waals surface area contributed by atoms with Crippen molar-refractivity contribution < 1.29 is 18.3 Å². The van der Waals surface area contributed by atoms with Crippen molar-refractivity contribution in [3.8, 4) is 6.07 Å². The second kappa shape index (κ2) is 6.14. The van der Waals surface area contributed by atoms with Gasteiger partial charge in [-0.2, -0.15) is 18.4 Å². The summed E-state index contributed by atoms with van der Waals surface area (Å²) in [6, 6.07) is 4.96. The molecule has 0 amide bonds. The summed E-state index contributed by atoms with van der Waals surface area (Å²) in [4.78, 5) is 0. The van der Waals surface area contributed by atoms with Crippen molar-refractivity contribution >= 4 is 5.69 Å². The topological polar surface area (TPSA) is 56.0 Å². The highest BCUT2D eigenvalue weighted by Crippen LogP contribution is 2.33. The van der Waals surface area contributed by atoms with Crippen molar-refractivity contribution in [1.29, 1.82) is 5.26 Å². The van der Waals surface area contributed by atoms with Crippen molar-refractivity contribution in [2.45, 2.75) is 26.4 Å². The number of nitriles is 1. The third kappa shape index (κ3) is 4.42. The second-order valence-corrected chi connectivity index (χ2v) is 5.36. The lowest BCUT2D eigenvalue weighted by atomic mass is 9.89. The molecule has 0 unspecified atom stereocenters. The predicted octanol–water partition coefficient (Wildman–Crippen LogP) is 3.40. The Morgan fingerprint density at radius 2 is 1.95 bits per heavy atom. The fraction of sp³-hybridized carbons (Fsp3) is 0.500. The number of nitrogens with one attached hydrogen (secondary N) is 1. The van der Waals surface area contributed by atoms with Crippen molar-refractivity contribution in [2.75, 3.05) is 18.5 Å². The van der Waals surface area contributed by atoms with Crippen molar-refractivity contribution in [3.05, 3.63) is 29.3 Å². The Labute approximate surface area is 116 Å². The Balaban J connectivity index is 2.88. The van der Waals surface area contributed by atoms with E-state index in [1.54, 1.807) is 6.07 Å². The molecule has 0 aliphatic heterocycles. The van der Waals surface area contributed by atoms with Crippen molar-refractivity contribution in [2.24, 2.45) is 5.41 Å². The van der Waals surface area contributed by atoms with E-state index in [9.17, 15) is 13.2 Å². The van der Waals surface area contributed by atoms with Crippen molar-refractivity contribution in [1.82, 2.24) is 0 Å². The Morgan fingerprint density at radius 1 is 1.30 bits per heavy atom. The maximum Gasteiger partial charge on any atom is 0.417 e. The van der Waals surface area contributed by atoms with Crippen LogP contribution in [0.3, 0.4) is 0 Å². The van der Waals surface area contributed by atoms with Gasteiger partial charge in [-0.1, -0.05) is 13.8 Å². The first-order chi connectivity index (χ1) is 9.19. The molecule has 0 aromatic heterocycles. The predicted molar refractivity (Wildman–Crippen MR) is 70.1 cm³/mol. The molecule has 20 heavy (non-hydrogen) atoms. The summed E-state index contributed by atoms with van der Waals surface area (Å²) < 4.78 is 37.9. The fourth-order valence-electron chi connectivity index (χ4n) is 1.73. The number of aliphatic hydroxyl groups excluding tert-OH is 1. The van der Waals surface area contributed by atoms with Gasteiger partial charge in [0.05, 0.1) is 17.2 Å². The standard InChI is InChI=1S/C14H17F3N2O/c1-13(2,5-6-20)9-19-11-3-4-12(14(15,16)17)10(7-11)8-18/h3-4,7,19-20H,5-6,9H2,1-2H3. The molecule has 3 nitrogen and oxygen atoms in total. The van der Waals surface area contributed by atoms with E-state index in [4.69, 9.17) is 10.4 Å². The molecule has 0 saturated carbocycles. The fourth-order valence-corrected chi connectivity index (χ4v) is 1.73. The van der Waals surface area contributed by atoms with E-state index in [1.807, 2.05) is 13.8 Å². The van der Waals surface area contributed by atoms with Gasteiger partial charge < -0.3 is 10.4 Å². The Morgan fingerprint density at radius 3 is 2.45 bits per heavy atom. The number of anilines is 1. The maximum atomic E-state index is 12.6. The molecule has 0 aliphatic rings. The lowest BCUT2D eigenvalue weighted by molar-refractivity contribution is -0.137. The lowest BCUT2D eigenvalue weighted by Crippen LogP contribution is -2.24. The molecule has 0 fully saturated rings. The average Bonchev–Trinajstić information content (AvgIpc) is 2.35. The molecule has 0 heterocycles. The van der Waals surface area contributed by atoms with E-state index in [0.717, 1.165) is 6.07 Å². The molecule has 6 heteroatoms.